The standard InChI is InChI=1S/C36H26FN5O2/c37-30-17-16-24-23-41(35(43)44)19-18-29(24)33(30)34-25(21-38)20-32-31(40-34)22-39-42(32)36(26-10-4-1-5-11-26,27-12-6-2-7-13-27)28-14-8-3-9-15-28/h1-17,20,22H,18-19,23H2,(H,43,44). The lowest BCUT2D eigenvalue weighted by atomic mass is 9.77. The van der Waals surface area contributed by atoms with Gasteiger partial charge in [0.1, 0.15) is 22.9 Å². The van der Waals surface area contributed by atoms with E-state index in [2.05, 4.69) is 42.5 Å². The van der Waals surface area contributed by atoms with Gasteiger partial charge in [-0.2, -0.15) is 10.4 Å². The smallest absolute Gasteiger partial charge is 0.407 e. The molecule has 7 rings (SSSR count). The molecule has 3 heterocycles. The number of halogens is 1. The Morgan fingerprint density at radius 2 is 1.48 bits per heavy atom. The first-order valence-corrected chi connectivity index (χ1v) is 14.3. The number of carboxylic acid groups (broad SMARTS) is 1. The van der Waals surface area contributed by atoms with Crippen molar-refractivity contribution < 1.29 is 14.3 Å². The van der Waals surface area contributed by atoms with Crippen molar-refractivity contribution in [2.24, 2.45) is 0 Å². The molecule has 1 aliphatic rings. The Labute approximate surface area is 253 Å². The molecule has 0 unspecified atom stereocenters. The molecule has 1 amide bonds. The lowest BCUT2D eigenvalue weighted by molar-refractivity contribution is 0.140. The highest BCUT2D eigenvalue weighted by Gasteiger charge is 2.40. The van der Waals surface area contributed by atoms with Gasteiger partial charge in [0.15, 0.2) is 0 Å². The van der Waals surface area contributed by atoms with Gasteiger partial charge in [0.05, 0.1) is 23.0 Å². The van der Waals surface area contributed by atoms with Crippen LogP contribution in [0.3, 0.4) is 0 Å². The molecule has 8 heteroatoms. The Balaban J connectivity index is 1.50. The van der Waals surface area contributed by atoms with Gasteiger partial charge in [-0.1, -0.05) is 97.1 Å². The summed E-state index contributed by atoms with van der Waals surface area (Å²) in [6.45, 7) is 0.377. The summed E-state index contributed by atoms with van der Waals surface area (Å²) in [6, 6.07) is 37.2. The molecular weight excluding hydrogens is 553 g/mol. The molecule has 0 radical (unpaired) electrons. The van der Waals surface area contributed by atoms with Crippen molar-refractivity contribution in [2.75, 3.05) is 6.54 Å². The van der Waals surface area contributed by atoms with Crippen molar-refractivity contribution in [2.45, 2.75) is 18.5 Å². The topological polar surface area (TPSA) is 95.0 Å². The van der Waals surface area contributed by atoms with Crippen molar-refractivity contribution in [3.8, 4) is 17.3 Å². The number of hydrogen-bond donors (Lipinski definition) is 1. The van der Waals surface area contributed by atoms with Crippen molar-refractivity contribution in [1.82, 2.24) is 19.7 Å². The van der Waals surface area contributed by atoms with Crippen LogP contribution in [0.5, 0.6) is 0 Å². The highest BCUT2D eigenvalue weighted by molar-refractivity contribution is 5.84. The zero-order chi connectivity index (χ0) is 30.3. The maximum absolute atomic E-state index is 15.6. The number of hydrogen-bond acceptors (Lipinski definition) is 4. The van der Waals surface area contributed by atoms with Gasteiger partial charge in [0.25, 0.3) is 0 Å². The van der Waals surface area contributed by atoms with Crippen molar-refractivity contribution in [1.29, 1.82) is 5.26 Å². The van der Waals surface area contributed by atoms with E-state index >= 15 is 4.39 Å². The fourth-order valence-electron chi connectivity index (χ4n) is 6.45. The van der Waals surface area contributed by atoms with Crippen LogP contribution < -0.4 is 0 Å². The Morgan fingerprint density at radius 3 is 2.02 bits per heavy atom. The van der Waals surface area contributed by atoms with Crippen molar-refractivity contribution >= 4 is 17.1 Å². The number of carbonyl (C=O) groups is 1. The number of nitriles is 1. The monoisotopic (exact) mass is 579 g/mol. The molecule has 4 aromatic carbocycles. The molecule has 1 aliphatic heterocycles. The first-order valence-electron chi connectivity index (χ1n) is 14.3. The number of amides is 1. The lowest BCUT2D eigenvalue weighted by Gasteiger charge is -2.37. The SMILES string of the molecule is N#Cc1cc2c(cnn2C(c2ccccc2)(c2ccccc2)c2ccccc2)nc1-c1c(F)ccc2c1CCN(C(=O)O)C2. The summed E-state index contributed by atoms with van der Waals surface area (Å²) < 4.78 is 17.5. The van der Waals surface area contributed by atoms with E-state index in [1.54, 1.807) is 18.3 Å². The summed E-state index contributed by atoms with van der Waals surface area (Å²) in [4.78, 5) is 17.8. The van der Waals surface area contributed by atoms with Gasteiger partial charge in [-0.15, -0.1) is 0 Å². The predicted molar refractivity (Wildman–Crippen MR) is 164 cm³/mol. The Hall–Kier alpha value is -5.81. The Bertz CT molecular complexity index is 1960. The van der Waals surface area contributed by atoms with Crippen LogP contribution in [-0.2, 0) is 18.5 Å². The summed E-state index contributed by atoms with van der Waals surface area (Å²) in [5.74, 6) is -0.504. The number of aromatic nitrogens is 3. The lowest BCUT2D eigenvalue weighted by Crippen LogP contribution is -2.38. The third-order valence-electron chi connectivity index (χ3n) is 8.43. The largest absolute Gasteiger partial charge is 0.465 e. The average Bonchev–Trinajstić information content (AvgIpc) is 3.48. The van der Waals surface area contributed by atoms with Gasteiger partial charge in [0, 0.05) is 18.7 Å². The predicted octanol–water partition coefficient (Wildman–Crippen LogP) is 6.99. The molecule has 2 aromatic heterocycles. The molecule has 0 bridgehead atoms. The van der Waals surface area contributed by atoms with Gasteiger partial charge in [0.2, 0.25) is 0 Å². The normalized spacial score (nSPS) is 13.0. The molecule has 0 saturated carbocycles. The molecule has 0 saturated heterocycles. The minimum Gasteiger partial charge on any atom is -0.465 e. The second kappa shape index (κ2) is 10.8. The Morgan fingerprint density at radius 1 is 0.886 bits per heavy atom. The third kappa shape index (κ3) is 4.21. The highest BCUT2D eigenvalue weighted by Crippen LogP contribution is 2.43. The van der Waals surface area contributed by atoms with Gasteiger partial charge in [-0.3, -0.25) is 0 Å². The van der Waals surface area contributed by atoms with Crippen LogP contribution in [0.1, 0.15) is 33.4 Å². The van der Waals surface area contributed by atoms with Crippen LogP contribution >= 0.6 is 0 Å². The van der Waals surface area contributed by atoms with E-state index in [9.17, 15) is 15.2 Å². The third-order valence-corrected chi connectivity index (χ3v) is 8.43. The van der Waals surface area contributed by atoms with Crippen LogP contribution in [0, 0.1) is 17.1 Å². The van der Waals surface area contributed by atoms with Gasteiger partial charge < -0.3 is 10.0 Å². The zero-order valence-corrected chi connectivity index (χ0v) is 23.6. The molecule has 0 aliphatic carbocycles. The average molecular weight is 580 g/mol. The van der Waals surface area contributed by atoms with Gasteiger partial charge in [-0.05, 0) is 46.4 Å². The van der Waals surface area contributed by atoms with Crippen LogP contribution in [0.2, 0.25) is 0 Å². The molecule has 6 aromatic rings. The summed E-state index contributed by atoms with van der Waals surface area (Å²) in [5, 5.41) is 24.8. The number of benzene rings is 4. The summed E-state index contributed by atoms with van der Waals surface area (Å²) in [5.41, 5.74) is 5.15. The summed E-state index contributed by atoms with van der Waals surface area (Å²) in [7, 11) is 0. The maximum Gasteiger partial charge on any atom is 0.407 e. The van der Waals surface area contributed by atoms with E-state index in [-0.39, 0.29) is 29.9 Å². The quantitative estimate of drug-likeness (QED) is 0.222. The molecule has 7 nitrogen and oxygen atoms in total. The van der Waals surface area contributed by atoms with Gasteiger partial charge in [-0.25, -0.2) is 18.9 Å². The first kappa shape index (κ1) is 27.0. The number of rotatable bonds is 5. The minimum atomic E-state index is -1.02. The number of nitrogens with zero attached hydrogens (tertiary/aromatic N) is 5. The fourth-order valence-corrected chi connectivity index (χ4v) is 6.45. The highest BCUT2D eigenvalue weighted by atomic mass is 19.1. The van der Waals surface area contributed by atoms with Crippen LogP contribution in [0.15, 0.2) is 115 Å². The second-order valence-electron chi connectivity index (χ2n) is 10.8. The minimum absolute atomic E-state index is 0.147. The first-order chi connectivity index (χ1) is 21.5. The molecule has 214 valence electrons. The van der Waals surface area contributed by atoms with Crippen molar-refractivity contribution in [3.63, 3.8) is 0 Å². The van der Waals surface area contributed by atoms with E-state index in [0.29, 0.717) is 28.6 Å². The van der Waals surface area contributed by atoms with Crippen molar-refractivity contribution in [3.05, 3.63) is 155 Å². The molecule has 0 fully saturated rings. The number of pyridine rings is 1. The van der Waals surface area contributed by atoms with Crippen LogP contribution in [0.25, 0.3) is 22.3 Å². The van der Waals surface area contributed by atoms with E-state index in [4.69, 9.17) is 10.1 Å². The second-order valence-corrected chi connectivity index (χ2v) is 10.8. The summed E-state index contributed by atoms with van der Waals surface area (Å²) in [6.07, 6.45) is 0.950. The summed E-state index contributed by atoms with van der Waals surface area (Å²) >= 11 is 0. The maximum atomic E-state index is 15.6. The molecule has 0 spiro atoms. The fraction of sp³-hybridized carbons (Fsp3) is 0.111. The molecule has 44 heavy (non-hydrogen) atoms. The molecular formula is C36H26FN5O2. The molecule has 1 N–H and O–H groups in total. The van der Waals surface area contributed by atoms with Crippen LogP contribution in [0.4, 0.5) is 9.18 Å². The molecule has 0 atom stereocenters. The van der Waals surface area contributed by atoms with E-state index in [1.807, 2.05) is 59.3 Å². The van der Waals surface area contributed by atoms with E-state index in [1.165, 1.54) is 11.0 Å². The van der Waals surface area contributed by atoms with E-state index < -0.39 is 17.4 Å². The van der Waals surface area contributed by atoms with Gasteiger partial charge >= 0.3 is 6.09 Å². The van der Waals surface area contributed by atoms with Crippen LogP contribution in [-0.4, -0.2) is 37.4 Å². The number of fused-ring (bicyclic) bond motifs is 2. The van der Waals surface area contributed by atoms with E-state index in [0.717, 1.165) is 16.7 Å². The zero-order valence-electron chi connectivity index (χ0n) is 23.6. The Kier molecular flexibility index (Phi) is 6.63.